The topological polar surface area (TPSA) is 91.5 Å². The molecule has 0 radical (unpaired) electrons. The molecule has 0 aliphatic carbocycles. The van der Waals surface area contributed by atoms with Gasteiger partial charge in [-0.1, -0.05) is 12.1 Å². The minimum Gasteiger partial charge on any atom is -0.379 e. The first-order valence-electron chi connectivity index (χ1n) is 8.38. The van der Waals surface area contributed by atoms with Crippen molar-refractivity contribution in [2.24, 2.45) is 0 Å². The molecule has 28 heavy (non-hydrogen) atoms. The zero-order chi connectivity index (χ0) is 20.4. The Morgan fingerprint density at radius 3 is 2.43 bits per heavy atom. The first-order chi connectivity index (χ1) is 13.2. The lowest BCUT2D eigenvalue weighted by atomic mass is 10.1. The number of ether oxygens (including phenoxy) is 1. The fourth-order valence-electron chi connectivity index (χ4n) is 2.68. The summed E-state index contributed by atoms with van der Waals surface area (Å²) in [7, 11) is -3.73. The Balaban J connectivity index is 1.63. The van der Waals surface area contributed by atoms with Crippen LogP contribution in [0.3, 0.4) is 0 Å². The number of aromatic amines is 1. The molecule has 2 N–H and O–H groups in total. The molecule has 152 valence electrons. The first-order valence-corrected chi connectivity index (χ1v) is 9.82. The molecular formula is C17H18F3N3O4S. The number of rotatable bonds is 5. The standard InChI is InChI=1S/C17H18F3N3O4S/c18-17(19,20)13-3-1-12(2-4-13)10-22-16(24)15-9-14(11-21-15)28(25,26)23-5-7-27-8-6-23/h1-4,9,11,21H,5-8,10H2,(H,22,24). The van der Waals surface area contributed by atoms with Gasteiger partial charge in [0.05, 0.1) is 18.8 Å². The third-order valence-corrected chi connectivity index (χ3v) is 6.12. The molecule has 0 unspecified atom stereocenters. The highest BCUT2D eigenvalue weighted by atomic mass is 32.2. The van der Waals surface area contributed by atoms with Crippen molar-refractivity contribution < 1.29 is 31.1 Å². The molecular weight excluding hydrogens is 399 g/mol. The zero-order valence-electron chi connectivity index (χ0n) is 14.6. The van der Waals surface area contributed by atoms with Gasteiger partial charge in [-0.3, -0.25) is 4.79 Å². The Morgan fingerprint density at radius 1 is 1.18 bits per heavy atom. The van der Waals surface area contributed by atoms with Crippen LogP contribution >= 0.6 is 0 Å². The van der Waals surface area contributed by atoms with E-state index in [1.54, 1.807) is 0 Å². The predicted octanol–water partition coefficient (Wildman–Crippen LogP) is 1.98. The molecule has 11 heteroatoms. The van der Waals surface area contributed by atoms with E-state index in [4.69, 9.17) is 4.74 Å². The molecule has 2 aromatic rings. The van der Waals surface area contributed by atoms with Gasteiger partial charge in [0.25, 0.3) is 5.91 Å². The number of morpholine rings is 1. The van der Waals surface area contributed by atoms with Crippen molar-refractivity contribution in [3.05, 3.63) is 53.3 Å². The molecule has 0 atom stereocenters. The summed E-state index contributed by atoms with van der Waals surface area (Å²) in [6.07, 6.45) is -3.19. The SMILES string of the molecule is O=C(NCc1ccc(C(F)(F)F)cc1)c1cc(S(=O)(=O)N2CCOCC2)c[nH]1. The highest BCUT2D eigenvalue weighted by Crippen LogP contribution is 2.29. The molecule has 1 amide bonds. The number of sulfonamides is 1. The van der Waals surface area contributed by atoms with E-state index < -0.39 is 27.7 Å². The van der Waals surface area contributed by atoms with Crippen molar-refractivity contribution in [2.75, 3.05) is 26.3 Å². The van der Waals surface area contributed by atoms with Gasteiger partial charge in [-0.25, -0.2) is 8.42 Å². The summed E-state index contributed by atoms with van der Waals surface area (Å²) < 4.78 is 69.2. The van der Waals surface area contributed by atoms with E-state index >= 15 is 0 Å². The number of amides is 1. The average molecular weight is 417 g/mol. The van der Waals surface area contributed by atoms with Crippen LogP contribution in [0.15, 0.2) is 41.4 Å². The Hall–Kier alpha value is -2.37. The number of H-pyrrole nitrogens is 1. The van der Waals surface area contributed by atoms with Gasteiger partial charge in [0.2, 0.25) is 10.0 Å². The van der Waals surface area contributed by atoms with E-state index in [1.165, 1.54) is 28.7 Å². The van der Waals surface area contributed by atoms with E-state index in [0.717, 1.165) is 12.1 Å². The van der Waals surface area contributed by atoms with Crippen LogP contribution in [-0.4, -0.2) is 49.9 Å². The lowest BCUT2D eigenvalue weighted by Crippen LogP contribution is -2.40. The Kier molecular flexibility index (Phi) is 5.77. The van der Waals surface area contributed by atoms with Gasteiger partial charge in [0, 0.05) is 25.8 Å². The maximum absolute atomic E-state index is 12.6. The molecule has 1 aliphatic rings. The third-order valence-electron chi connectivity index (χ3n) is 4.24. The van der Waals surface area contributed by atoms with Gasteiger partial charge in [0.1, 0.15) is 10.6 Å². The maximum Gasteiger partial charge on any atom is 0.416 e. The number of benzene rings is 1. The lowest BCUT2D eigenvalue weighted by Gasteiger charge is -2.25. The number of nitrogens with one attached hydrogen (secondary N) is 2. The Labute approximate surface area is 159 Å². The van der Waals surface area contributed by atoms with E-state index in [9.17, 15) is 26.4 Å². The molecule has 1 saturated heterocycles. The minimum absolute atomic E-state index is 0.00153. The number of aromatic nitrogens is 1. The van der Waals surface area contributed by atoms with Crippen LogP contribution in [0, 0.1) is 0 Å². The molecule has 1 aromatic heterocycles. The molecule has 0 saturated carbocycles. The van der Waals surface area contributed by atoms with E-state index in [2.05, 4.69) is 10.3 Å². The number of hydrogen-bond acceptors (Lipinski definition) is 4. The summed E-state index contributed by atoms with van der Waals surface area (Å²) in [6.45, 7) is 1.10. The first kappa shape index (κ1) is 20.4. The highest BCUT2D eigenvalue weighted by Gasteiger charge is 2.30. The fourth-order valence-corrected chi connectivity index (χ4v) is 4.08. The molecule has 7 nitrogen and oxygen atoms in total. The average Bonchev–Trinajstić information content (AvgIpc) is 3.17. The largest absolute Gasteiger partial charge is 0.416 e. The Bertz CT molecular complexity index is 933. The summed E-state index contributed by atoms with van der Waals surface area (Å²) in [5, 5.41) is 2.54. The smallest absolute Gasteiger partial charge is 0.379 e. The van der Waals surface area contributed by atoms with Gasteiger partial charge in [-0.2, -0.15) is 17.5 Å². The van der Waals surface area contributed by atoms with Gasteiger partial charge in [0.15, 0.2) is 0 Å². The molecule has 0 bridgehead atoms. The summed E-state index contributed by atoms with van der Waals surface area (Å²) >= 11 is 0. The van der Waals surface area contributed by atoms with Crippen molar-refractivity contribution in [3.8, 4) is 0 Å². The third kappa shape index (κ3) is 4.54. The summed E-state index contributed by atoms with van der Waals surface area (Å²) in [6, 6.07) is 5.64. The molecule has 1 fully saturated rings. The van der Waals surface area contributed by atoms with Gasteiger partial charge in [-0.15, -0.1) is 0 Å². The van der Waals surface area contributed by atoms with Crippen LogP contribution in [0.25, 0.3) is 0 Å². The predicted molar refractivity (Wildman–Crippen MR) is 93.0 cm³/mol. The molecule has 2 heterocycles. The second-order valence-corrected chi connectivity index (χ2v) is 8.08. The van der Waals surface area contributed by atoms with Crippen LogP contribution in [0.4, 0.5) is 13.2 Å². The number of alkyl halides is 3. The summed E-state index contributed by atoms with van der Waals surface area (Å²) in [4.78, 5) is 14.8. The van der Waals surface area contributed by atoms with Crippen LogP contribution in [0.2, 0.25) is 0 Å². The maximum atomic E-state index is 12.6. The second kappa shape index (κ2) is 7.94. The number of carbonyl (C=O) groups is 1. The lowest BCUT2D eigenvalue weighted by molar-refractivity contribution is -0.137. The molecule has 0 spiro atoms. The molecule has 3 rings (SSSR count). The van der Waals surface area contributed by atoms with Crippen LogP contribution in [0.1, 0.15) is 21.6 Å². The van der Waals surface area contributed by atoms with Gasteiger partial charge in [-0.05, 0) is 23.8 Å². The Morgan fingerprint density at radius 2 is 1.82 bits per heavy atom. The van der Waals surface area contributed by atoms with E-state index in [0.29, 0.717) is 18.8 Å². The second-order valence-electron chi connectivity index (χ2n) is 6.14. The molecule has 1 aromatic carbocycles. The van der Waals surface area contributed by atoms with Gasteiger partial charge < -0.3 is 15.0 Å². The monoisotopic (exact) mass is 417 g/mol. The van der Waals surface area contributed by atoms with Crippen molar-refractivity contribution >= 4 is 15.9 Å². The number of nitrogens with zero attached hydrogens (tertiary/aromatic N) is 1. The van der Waals surface area contributed by atoms with Crippen molar-refractivity contribution in [2.45, 2.75) is 17.6 Å². The van der Waals surface area contributed by atoms with E-state index in [1.807, 2.05) is 0 Å². The highest BCUT2D eigenvalue weighted by molar-refractivity contribution is 7.89. The van der Waals surface area contributed by atoms with Crippen molar-refractivity contribution in [3.63, 3.8) is 0 Å². The minimum atomic E-state index is -4.42. The number of halogens is 3. The van der Waals surface area contributed by atoms with Crippen LogP contribution in [-0.2, 0) is 27.5 Å². The summed E-state index contributed by atoms with van der Waals surface area (Å²) in [5.41, 5.74) is -0.252. The summed E-state index contributed by atoms with van der Waals surface area (Å²) in [5.74, 6) is -0.566. The number of carbonyl (C=O) groups excluding carboxylic acids is 1. The quantitative estimate of drug-likeness (QED) is 0.778. The van der Waals surface area contributed by atoms with Crippen molar-refractivity contribution in [1.82, 2.24) is 14.6 Å². The number of hydrogen-bond donors (Lipinski definition) is 2. The van der Waals surface area contributed by atoms with Crippen molar-refractivity contribution in [1.29, 1.82) is 0 Å². The van der Waals surface area contributed by atoms with Gasteiger partial charge >= 0.3 is 6.18 Å². The van der Waals surface area contributed by atoms with Crippen LogP contribution in [0.5, 0.6) is 0 Å². The van der Waals surface area contributed by atoms with Crippen LogP contribution < -0.4 is 5.32 Å². The fraction of sp³-hybridized carbons (Fsp3) is 0.353. The normalized spacial score (nSPS) is 16.1. The zero-order valence-corrected chi connectivity index (χ0v) is 15.4. The molecule has 1 aliphatic heterocycles. The van der Waals surface area contributed by atoms with E-state index in [-0.39, 0.29) is 30.2 Å².